The lowest BCUT2D eigenvalue weighted by atomic mass is 10.2. The van der Waals surface area contributed by atoms with Gasteiger partial charge in [0, 0.05) is 11.8 Å². The zero-order valence-corrected chi connectivity index (χ0v) is 11.8. The van der Waals surface area contributed by atoms with Crippen molar-refractivity contribution < 1.29 is 8.42 Å². The van der Waals surface area contributed by atoms with E-state index < -0.39 is 10.0 Å². The molecule has 5 nitrogen and oxygen atoms in total. The Balaban J connectivity index is 2.96. The molecule has 7 heteroatoms. The number of sulfonamides is 1. The van der Waals surface area contributed by atoms with Gasteiger partial charge >= 0.3 is 0 Å². The molecule has 1 rings (SSSR count). The second kappa shape index (κ2) is 6.09. The van der Waals surface area contributed by atoms with Gasteiger partial charge in [-0.2, -0.15) is 17.0 Å². The van der Waals surface area contributed by atoms with Gasteiger partial charge in [0.15, 0.2) is 0 Å². The van der Waals surface area contributed by atoms with Gasteiger partial charge in [-0.1, -0.05) is 6.92 Å². The summed E-state index contributed by atoms with van der Waals surface area (Å²) in [5.74, 6) is 0. The Hall–Kier alpha value is -1.23. The molecule has 0 aliphatic rings. The number of hydrogen-bond donors (Lipinski definition) is 2. The fourth-order valence-corrected chi connectivity index (χ4v) is 2.85. The molecule has 1 atom stereocenters. The van der Waals surface area contributed by atoms with Gasteiger partial charge in [-0.3, -0.25) is 0 Å². The first-order valence-corrected chi connectivity index (χ1v) is 8.00. The summed E-state index contributed by atoms with van der Waals surface area (Å²) in [5, 5.41) is 8.87. The summed E-state index contributed by atoms with van der Waals surface area (Å²) in [6.07, 6.45) is 1.91. The molecule has 0 heterocycles. The molecule has 1 aromatic rings. The Morgan fingerprint density at radius 2 is 2.22 bits per heavy atom. The first kappa shape index (κ1) is 14.8. The molecule has 0 aliphatic carbocycles. The molecule has 3 N–H and O–H groups in total. The number of nitrogen functional groups attached to an aromatic ring is 1. The number of anilines is 1. The summed E-state index contributed by atoms with van der Waals surface area (Å²) in [6.45, 7) is 2.26. The van der Waals surface area contributed by atoms with E-state index in [1.807, 2.05) is 19.2 Å². The number of thioether (sulfide) groups is 1. The van der Waals surface area contributed by atoms with Gasteiger partial charge in [-0.15, -0.1) is 0 Å². The van der Waals surface area contributed by atoms with Crippen LogP contribution in [0, 0.1) is 11.3 Å². The van der Waals surface area contributed by atoms with Crippen molar-refractivity contribution in [3.8, 4) is 6.07 Å². The van der Waals surface area contributed by atoms with Crippen LogP contribution in [0.15, 0.2) is 23.1 Å². The van der Waals surface area contributed by atoms with Crippen LogP contribution in [-0.4, -0.2) is 26.5 Å². The number of rotatable bonds is 5. The van der Waals surface area contributed by atoms with Crippen molar-refractivity contribution >= 4 is 27.5 Å². The van der Waals surface area contributed by atoms with Crippen molar-refractivity contribution in [1.82, 2.24) is 4.72 Å². The summed E-state index contributed by atoms with van der Waals surface area (Å²) in [6, 6.07) is 6.04. The first-order valence-electron chi connectivity index (χ1n) is 5.22. The fraction of sp³-hybridized carbons (Fsp3) is 0.364. The van der Waals surface area contributed by atoms with E-state index in [0.717, 1.165) is 0 Å². The summed E-state index contributed by atoms with van der Waals surface area (Å²) < 4.78 is 26.5. The van der Waals surface area contributed by atoms with E-state index in [2.05, 4.69) is 4.72 Å². The van der Waals surface area contributed by atoms with Crippen LogP contribution < -0.4 is 10.5 Å². The lowest BCUT2D eigenvalue weighted by molar-refractivity contribution is 0.582. The zero-order chi connectivity index (χ0) is 13.8. The maximum Gasteiger partial charge on any atom is 0.242 e. The highest BCUT2D eigenvalue weighted by Crippen LogP contribution is 2.19. The Bertz CT molecular complexity index is 564. The van der Waals surface area contributed by atoms with Crippen LogP contribution in [0.25, 0.3) is 0 Å². The van der Waals surface area contributed by atoms with Crippen LogP contribution in [0.2, 0.25) is 0 Å². The molecule has 0 aliphatic heterocycles. The Labute approximate surface area is 111 Å². The van der Waals surface area contributed by atoms with Crippen LogP contribution in [0.5, 0.6) is 0 Å². The second-order valence-electron chi connectivity index (χ2n) is 3.76. The molecule has 0 bridgehead atoms. The quantitative estimate of drug-likeness (QED) is 0.792. The van der Waals surface area contributed by atoms with Crippen molar-refractivity contribution in [2.75, 3.05) is 18.5 Å². The maximum absolute atomic E-state index is 12.0. The molecule has 0 spiro atoms. The highest BCUT2D eigenvalue weighted by Gasteiger charge is 2.18. The van der Waals surface area contributed by atoms with Gasteiger partial charge in [0.25, 0.3) is 0 Å². The summed E-state index contributed by atoms with van der Waals surface area (Å²) in [5.41, 5.74) is 6.07. The number of nitrogens with two attached hydrogens (primary N) is 1. The van der Waals surface area contributed by atoms with Crippen molar-refractivity contribution in [3.63, 3.8) is 0 Å². The van der Waals surface area contributed by atoms with Gasteiger partial charge in [0.05, 0.1) is 17.3 Å². The van der Waals surface area contributed by atoms with Gasteiger partial charge in [-0.05, 0) is 24.5 Å². The highest BCUT2D eigenvalue weighted by molar-refractivity contribution is 7.99. The van der Waals surface area contributed by atoms with Crippen molar-refractivity contribution in [3.05, 3.63) is 23.8 Å². The third-order valence-corrected chi connectivity index (χ3v) is 4.86. The minimum Gasteiger partial charge on any atom is -0.398 e. The minimum absolute atomic E-state index is 0.00908. The monoisotopic (exact) mass is 285 g/mol. The number of nitrogens with zero attached hydrogens (tertiary/aromatic N) is 1. The smallest absolute Gasteiger partial charge is 0.242 e. The number of nitriles is 1. The van der Waals surface area contributed by atoms with E-state index in [4.69, 9.17) is 11.0 Å². The number of hydrogen-bond acceptors (Lipinski definition) is 5. The van der Waals surface area contributed by atoms with E-state index in [1.54, 1.807) is 11.8 Å². The standard InChI is InChI=1S/C11H15N3O2S2/c1-8(17-2)7-14-18(15,16)11-4-3-9(6-12)5-10(11)13/h3-5,8,14H,7,13H2,1-2H3. The average Bonchev–Trinajstić information content (AvgIpc) is 2.35. The molecule has 0 aromatic heterocycles. The van der Waals surface area contributed by atoms with Crippen molar-refractivity contribution in [2.24, 2.45) is 0 Å². The summed E-state index contributed by atoms with van der Waals surface area (Å²) in [4.78, 5) is 0.00908. The predicted molar refractivity (Wildman–Crippen MR) is 73.7 cm³/mol. The molecule has 0 saturated heterocycles. The lowest BCUT2D eigenvalue weighted by Gasteiger charge is -2.12. The number of benzene rings is 1. The molecule has 0 radical (unpaired) electrons. The summed E-state index contributed by atoms with van der Waals surface area (Å²) in [7, 11) is -3.62. The van der Waals surface area contributed by atoms with E-state index in [-0.39, 0.29) is 15.8 Å². The highest BCUT2D eigenvalue weighted by atomic mass is 32.2. The van der Waals surface area contributed by atoms with Gasteiger partial charge < -0.3 is 5.73 Å². The third kappa shape index (κ3) is 3.63. The molecule has 0 fully saturated rings. The Morgan fingerprint density at radius 1 is 1.56 bits per heavy atom. The second-order valence-corrected chi connectivity index (χ2v) is 6.77. The largest absolute Gasteiger partial charge is 0.398 e. The van der Waals surface area contributed by atoms with Gasteiger partial charge in [0.1, 0.15) is 4.90 Å². The molecule has 98 valence electrons. The lowest BCUT2D eigenvalue weighted by Crippen LogP contribution is -2.30. The van der Waals surface area contributed by atoms with Crippen LogP contribution in [0.3, 0.4) is 0 Å². The van der Waals surface area contributed by atoms with Crippen molar-refractivity contribution in [1.29, 1.82) is 5.26 Å². The SMILES string of the molecule is CSC(C)CNS(=O)(=O)c1ccc(C#N)cc1N. The summed E-state index contributed by atoms with van der Waals surface area (Å²) >= 11 is 1.57. The Kier molecular flexibility index (Phi) is 5.02. The average molecular weight is 285 g/mol. The van der Waals surface area contributed by atoms with Crippen LogP contribution in [-0.2, 0) is 10.0 Å². The van der Waals surface area contributed by atoms with Crippen molar-refractivity contribution in [2.45, 2.75) is 17.1 Å². The molecular formula is C11H15N3O2S2. The van der Waals surface area contributed by atoms with Crippen LogP contribution >= 0.6 is 11.8 Å². The normalized spacial score (nSPS) is 12.9. The third-order valence-electron chi connectivity index (χ3n) is 2.39. The minimum atomic E-state index is -3.62. The van der Waals surface area contributed by atoms with E-state index in [0.29, 0.717) is 12.1 Å². The molecule has 1 aromatic carbocycles. The van der Waals surface area contributed by atoms with Crippen LogP contribution in [0.4, 0.5) is 5.69 Å². The molecule has 0 amide bonds. The molecule has 18 heavy (non-hydrogen) atoms. The van der Waals surface area contributed by atoms with Crippen LogP contribution in [0.1, 0.15) is 12.5 Å². The van der Waals surface area contributed by atoms with E-state index in [9.17, 15) is 8.42 Å². The molecule has 0 saturated carbocycles. The maximum atomic E-state index is 12.0. The molecule has 1 unspecified atom stereocenters. The number of nitrogens with one attached hydrogen (secondary N) is 1. The predicted octanol–water partition coefficient (Wildman–Crippen LogP) is 1.17. The zero-order valence-electron chi connectivity index (χ0n) is 10.2. The van der Waals surface area contributed by atoms with E-state index in [1.165, 1.54) is 18.2 Å². The fourth-order valence-electron chi connectivity index (χ4n) is 1.25. The van der Waals surface area contributed by atoms with E-state index >= 15 is 0 Å². The molecular weight excluding hydrogens is 270 g/mol. The topological polar surface area (TPSA) is 96.0 Å². The Morgan fingerprint density at radius 3 is 2.72 bits per heavy atom. The van der Waals surface area contributed by atoms with Gasteiger partial charge in [0.2, 0.25) is 10.0 Å². The first-order chi connectivity index (χ1) is 8.40. The van der Waals surface area contributed by atoms with Gasteiger partial charge in [-0.25, -0.2) is 13.1 Å².